The van der Waals surface area contributed by atoms with Crippen molar-refractivity contribution in [2.75, 3.05) is 0 Å². The molecule has 4 heteroatoms. The first-order chi connectivity index (χ1) is 26.4. The Hall–Kier alpha value is -1.96. The topological polar surface area (TPSA) is 0 Å². The van der Waals surface area contributed by atoms with Crippen LogP contribution in [0.2, 0.25) is 9.26 Å². The van der Waals surface area contributed by atoms with Crippen LogP contribution in [0, 0.1) is 10.8 Å². The van der Waals surface area contributed by atoms with Gasteiger partial charge in [-0.3, -0.25) is 0 Å². The number of hydrogen-bond acceptors (Lipinski definition) is 0. The normalized spacial score (nSPS) is 20.7. The average Bonchev–Trinajstić information content (AvgIpc) is 3.70. The molecule has 8 rings (SSSR count). The molecule has 4 aromatic rings. The maximum atomic E-state index is 2.91. The molecule has 2 unspecified atom stereocenters. The average molecular weight is 911 g/mol. The summed E-state index contributed by atoms with van der Waals surface area (Å²) in [7, 11) is 0. The largest absolute Gasteiger partial charge is 0.147 e. The molecular formula is C54H72Cl2SiZr. The Balaban J connectivity index is 0.00000283. The van der Waals surface area contributed by atoms with Crippen LogP contribution in [0.5, 0.6) is 0 Å². The van der Waals surface area contributed by atoms with Crippen LogP contribution in [0.15, 0.2) is 96.1 Å². The monoisotopic (exact) mass is 908 g/mol. The summed E-state index contributed by atoms with van der Waals surface area (Å²) in [4.78, 5) is 0. The van der Waals surface area contributed by atoms with Gasteiger partial charge in [0.05, 0.1) is 0 Å². The van der Waals surface area contributed by atoms with Crippen molar-refractivity contribution >= 4 is 43.8 Å². The molecule has 4 aliphatic rings. The summed E-state index contributed by atoms with van der Waals surface area (Å²) in [6.45, 7) is 21.8. The third kappa shape index (κ3) is 7.75. The number of benzene rings is 4. The SMILES string of the molecule is CCC1(CC2=Cc3c(-c4ccccc4C(C)(C)C)cccc3[CH]2[Zr]([CH3])([CH3])(=[SiH2])[CH]2C(CC3(CC)CCC3)=Cc3c(-c4ccccc4C(C)(C)C)cccc32)CCC1.Cl.Cl. The van der Waals surface area contributed by atoms with Gasteiger partial charge in [-0.25, -0.2) is 0 Å². The zero-order chi connectivity index (χ0) is 39.9. The van der Waals surface area contributed by atoms with Gasteiger partial charge in [-0.05, 0) is 0 Å². The van der Waals surface area contributed by atoms with Gasteiger partial charge in [-0.1, -0.05) is 0 Å². The summed E-state index contributed by atoms with van der Waals surface area (Å²) < 4.78 is 6.87. The van der Waals surface area contributed by atoms with Crippen molar-refractivity contribution in [3.05, 3.63) is 129 Å². The van der Waals surface area contributed by atoms with Gasteiger partial charge in [-0.2, -0.15) is 0 Å². The molecule has 0 heterocycles. The van der Waals surface area contributed by atoms with Gasteiger partial charge in [0.2, 0.25) is 0 Å². The molecule has 0 spiro atoms. The zero-order valence-corrected chi connectivity index (χ0v) is 43.0. The smallest absolute Gasteiger partial charge is 0.147 e. The second-order valence-electron chi connectivity index (χ2n) is 22.2. The minimum absolute atomic E-state index is 0. The summed E-state index contributed by atoms with van der Waals surface area (Å²) in [5, 5.41) is 0. The summed E-state index contributed by atoms with van der Waals surface area (Å²) >= 11 is -3.94. The Morgan fingerprint density at radius 3 is 1.19 bits per heavy atom. The first-order valence-electron chi connectivity index (χ1n) is 22.3. The first-order valence-corrected chi connectivity index (χ1v) is 36.0. The summed E-state index contributed by atoms with van der Waals surface area (Å²) in [6, 6.07) is 33.5. The van der Waals surface area contributed by atoms with Gasteiger partial charge in [0.25, 0.3) is 0 Å². The van der Waals surface area contributed by atoms with Crippen molar-refractivity contribution in [1.82, 2.24) is 0 Å². The number of rotatable bonds is 10. The molecule has 2 atom stereocenters. The number of allylic oxidation sites excluding steroid dienone is 2. The van der Waals surface area contributed by atoms with Gasteiger partial charge < -0.3 is 0 Å². The van der Waals surface area contributed by atoms with Gasteiger partial charge in [0.1, 0.15) is 0 Å². The fourth-order valence-corrected chi connectivity index (χ4v) is 32.1. The molecule has 0 N–H and O–H groups in total. The molecule has 4 aliphatic carbocycles. The molecule has 0 amide bonds. The van der Waals surface area contributed by atoms with E-state index in [4.69, 9.17) is 0 Å². The molecule has 0 bridgehead atoms. The van der Waals surface area contributed by atoms with E-state index in [0.717, 1.165) is 0 Å². The van der Waals surface area contributed by atoms with Crippen molar-refractivity contribution in [1.29, 1.82) is 0 Å². The fraction of sp³-hybridized carbons (Fsp3) is 0.481. The predicted octanol–water partition coefficient (Wildman–Crippen LogP) is 16.3. The molecule has 0 aromatic heterocycles. The van der Waals surface area contributed by atoms with Crippen molar-refractivity contribution in [3.8, 4) is 22.3 Å². The summed E-state index contributed by atoms with van der Waals surface area (Å²) in [5.41, 5.74) is 19.6. The zero-order valence-electron chi connectivity index (χ0n) is 37.5. The molecule has 2 saturated carbocycles. The van der Waals surface area contributed by atoms with E-state index in [0.29, 0.717) is 18.1 Å². The maximum absolute atomic E-state index is 3.94. The molecule has 2 fully saturated rings. The van der Waals surface area contributed by atoms with Crippen LogP contribution in [-0.2, 0) is 28.2 Å². The fourth-order valence-electron chi connectivity index (χ4n) is 12.4. The van der Waals surface area contributed by atoms with Crippen molar-refractivity contribution in [2.45, 2.75) is 147 Å². The van der Waals surface area contributed by atoms with Gasteiger partial charge >= 0.3 is 346 Å². The minimum Gasteiger partial charge on any atom is -0.147 e. The van der Waals surface area contributed by atoms with Crippen molar-refractivity contribution < 1.29 is 17.4 Å². The van der Waals surface area contributed by atoms with E-state index in [1.807, 2.05) is 0 Å². The van der Waals surface area contributed by atoms with E-state index < -0.39 is 17.4 Å². The number of hydrogen-bond donors (Lipinski definition) is 0. The van der Waals surface area contributed by atoms with Crippen LogP contribution in [-0.4, -0.2) is 6.88 Å². The van der Waals surface area contributed by atoms with E-state index in [1.165, 1.54) is 109 Å². The maximum Gasteiger partial charge on any atom is -0.147 e. The molecule has 0 radical (unpaired) electrons. The minimum atomic E-state index is -3.94. The Morgan fingerprint density at radius 2 is 0.879 bits per heavy atom. The van der Waals surface area contributed by atoms with Crippen molar-refractivity contribution in [3.63, 3.8) is 0 Å². The van der Waals surface area contributed by atoms with Crippen LogP contribution in [0.3, 0.4) is 0 Å². The van der Waals surface area contributed by atoms with Gasteiger partial charge in [0.15, 0.2) is 0 Å². The third-order valence-corrected chi connectivity index (χ3v) is 33.2. The Labute approximate surface area is 367 Å². The quantitative estimate of drug-likeness (QED) is 0.139. The summed E-state index contributed by atoms with van der Waals surface area (Å²) in [5.74, 6) is 0. The van der Waals surface area contributed by atoms with E-state index in [2.05, 4.69) is 169 Å². The molecule has 0 aliphatic heterocycles. The molecule has 4 aromatic carbocycles. The van der Waals surface area contributed by atoms with Crippen molar-refractivity contribution in [2.24, 2.45) is 10.8 Å². The molecule has 0 saturated heterocycles. The standard InChI is InChI=1S/2C26H31.2CH3.2ClH.H2Si.Zr/c2*1-5-26(14-9-15-26)18-19-16-20-10-8-12-21(23(20)17-19)22-11-6-7-13-24(22)25(2,3)4;;;;;;/h2*6-8,10-13,16-17H,5,9,14-15,18H2,1-4H3;2*1H3;2*1H;1H2;. The van der Waals surface area contributed by atoms with Crippen LogP contribution < -0.4 is 0 Å². The molecule has 58 heavy (non-hydrogen) atoms. The predicted molar refractivity (Wildman–Crippen MR) is 260 cm³/mol. The van der Waals surface area contributed by atoms with Crippen LogP contribution in [0.1, 0.15) is 160 Å². The number of halogens is 2. The Kier molecular flexibility index (Phi) is 12.6. The van der Waals surface area contributed by atoms with E-state index in [1.54, 1.807) is 22.3 Å². The third-order valence-electron chi connectivity index (χ3n) is 15.7. The van der Waals surface area contributed by atoms with E-state index in [9.17, 15) is 0 Å². The Bertz CT molecular complexity index is 2150. The molecular weight excluding hydrogens is 839 g/mol. The second kappa shape index (κ2) is 16.1. The van der Waals surface area contributed by atoms with Gasteiger partial charge in [0, 0.05) is 0 Å². The van der Waals surface area contributed by atoms with Gasteiger partial charge in [-0.15, -0.1) is 24.8 Å². The first kappa shape index (κ1) is 45.6. The van der Waals surface area contributed by atoms with Crippen LogP contribution in [0.25, 0.3) is 34.4 Å². The Morgan fingerprint density at radius 1 is 0.534 bits per heavy atom. The van der Waals surface area contributed by atoms with Crippen LogP contribution in [0.4, 0.5) is 0 Å². The number of fused-ring (bicyclic) bond motifs is 2. The molecule has 310 valence electrons. The summed E-state index contributed by atoms with van der Waals surface area (Å²) in [6.07, 6.45) is 19.0. The van der Waals surface area contributed by atoms with E-state index >= 15 is 0 Å². The van der Waals surface area contributed by atoms with Crippen LogP contribution >= 0.6 is 24.8 Å². The van der Waals surface area contributed by atoms with E-state index in [-0.39, 0.29) is 35.6 Å². The molecule has 0 nitrogen and oxygen atoms in total. The second-order valence-corrected chi connectivity index (χ2v) is 52.7.